The molecule has 0 fully saturated rings. The molecule has 0 aliphatic rings. The summed E-state index contributed by atoms with van der Waals surface area (Å²) < 4.78 is 15.8. The third-order valence-electron chi connectivity index (χ3n) is 4.73. The summed E-state index contributed by atoms with van der Waals surface area (Å²) in [7, 11) is 0. The summed E-state index contributed by atoms with van der Waals surface area (Å²) in [5.41, 5.74) is 1.93. The molecule has 30 heavy (non-hydrogen) atoms. The molecule has 0 radical (unpaired) electrons. The fraction of sp³-hybridized carbons (Fsp3) is 0.143. The molecule has 0 saturated heterocycles. The molecule has 2 aromatic heterocycles. The molecule has 0 saturated carbocycles. The molecule has 2 N–H and O–H groups in total. The zero-order valence-corrected chi connectivity index (χ0v) is 17.0. The number of hydrogen-bond acceptors (Lipinski definition) is 5. The van der Waals surface area contributed by atoms with Crippen molar-refractivity contribution >= 4 is 44.6 Å². The molecule has 0 aliphatic heterocycles. The van der Waals surface area contributed by atoms with Gasteiger partial charge in [-0.2, -0.15) is 5.10 Å². The molecule has 0 aliphatic carbocycles. The number of carbonyl (C=O) groups is 2. The molecule has 2 heterocycles. The van der Waals surface area contributed by atoms with Crippen molar-refractivity contribution in [2.75, 3.05) is 10.6 Å². The Morgan fingerprint density at radius 3 is 2.47 bits per heavy atom. The number of fused-ring (bicyclic) bond motifs is 1. The maximum absolute atomic E-state index is 13.5. The Hall–Kier alpha value is -3.59. The third kappa shape index (κ3) is 3.92. The predicted octanol–water partition coefficient (Wildman–Crippen LogP) is 4.39. The fourth-order valence-corrected chi connectivity index (χ4v) is 4.10. The van der Waals surface area contributed by atoms with E-state index in [4.69, 9.17) is 0 Å². The van der Waals surface area contributed by atoms with Crippen molar-refractivity contribution in [3.63, 3.8) is 0 Å². The fourth-order valence-electron chi connectivity index (χ4n) is 3.02. The van der Waals surface area contributed by atoms with E-state index in [9.17, 15) is 14.0 Å². The first-order valence-electron chi connectivity index (χ1n) is 9.17. The number of benzene rings is 2. The van der Waals surface area contributed by atoms with Crippen molar-refractivity contribution in [3.8, 4) is 0 Å². The average molecular weight is 423 g/mol. The highest BCUT2D eigenvalue weighted by Crippen LogP contribution is 2.32. The molecule has 0 bridgehead atoms. The van der Waals surface area contributed by atoms with Crippen molar-refractivity contribution in [3.05, 3.63) is 71.4 Å². The van der Waals surface area contributed by atoms with Gasteiger partial charge >= 0.3 is 0 Å². The van der Waals surface area contributed by atoms with Crippen LogP contribution in [0.25, 0.3) is 10.1 Å². The van der Waals surface area contributed by atoms with Gasteiger partial charge in [0, 0.05) is 16.1 Å². The number of aryl methyl sites for hydroxylation is 1. The Labute approximate surface area is 175 Å². The number of aromatic nitrogens is 3. The molecule has 2 amide bonds. The molecule has 9 heteroatoms. The average Bonchev–Trinajstić information content (AvgIpc) is 3.38. The molecule has 1 atom stereocenters. The minimum atomic E-state index is -0.507. The van der Waals surface area contributed by atoms with Crippen LogP contribution in [0.1, 0.15) is 28.2 Å². The van der Waals surface area contributed by atoms with Crippen LogP contribution >= 0.6 is 11.3 Å². The number of nitrogens with zero attached hydrogens (tertiary/aromatic N) is 3. The largest absolute Gasteiger partial charge is 0.324 e. The van der Waals surface area contributed by atoms with Crippen molar-refractivity contribution in [2.24, 2.45) is 0 Å². The van der Waals surface area contributed by atoms with Gasteiger partial charge in [0.25, 0.3) is 5.91 Å². The van der Waals surface area contributed by atoms with Gasteiger partial charge in [-0.05, 0) is 67.3 Å². The smallest absolute Gasteiger partial charge is 0.266 e. The molecular formula is C21H18FN5O2S. The van der Waals surface area contributed by atoms with Gasteiger partial charge in [0.05, 0.1) is 4.88 Å². The molecular weight excluding hydrogens is 405 g/mol. The topological polar surface area (TPSA) is 88.9 Å². The van der Waals surface area contributed by atoms with Crippen LogP contribution < -0.4 is 10.6 Å². The first-order valence-corrected chi connectivity index (χ1v) is 9.99. The van der Waals surface area contributed by atoms with Gasteiger partial charge in [-0.3, -0.25) is 9.59 Å². The van der Waals surface area contributed by atoms with Gasteiger partial charge in [-0.1, -0.05) is 0 Å². The molecule has 2 aromatic carbocycles. The minimum Gasteiger partial charge on any atom is -0.324 e. The Kier molecular flexibility index (Phi) is 5.28. The maximum atomic E-state index is 13.5. The number of nitrogens with one attached hydrogen (secondary N) is 2. The summed E-state index contributed by atoms with van der Waals surface area (Å²) in [4.78, 5) is 29.4. The molecule has 7 nitrogen and oxygen atoms in total. The molecule has 4 rings (SSSR count). The van der Waals surface area contributed by atoms with Crippen LogP contribution in [0.2, 0.25) is 0 Å². The number of rotatable bonds is 5. The van der Waals surface area contributed by atoms with Crippen molar-refractivity contribution in [2.45, 2.75) is 19.9 Å². The zero-order valence-electron chi connectivity index (χ0n) is 16.2. The molecule has 0 spiro atoms. The maximum Gasteiger partial charge on any atom is 0.266 e. The van der Waals surface area contributed by atoms with Crippen molar-refractivity contribution < 1.29 is 14.0 Å². The quantitative estimate of drug-likeness (QED) is 0.498. The van der Waals surface area contributed by atoms with Gasteiger partial charge in [-0.25, -0.2) is 14.1 Å². The second-order valence-electron chi connectivity index (χ2n) is 6.77. The second kappa shape index (κ2) is 8.03. The van der Waals surface area contributed by atoms with Crippen LogP contribution in [0, 0.1) is 12.7 Å². The van der Waals surface area contributed by atoms with E-state index in [0.29, 0.717) is 16.3 Å². The van der Waals surface area contributed by atoms with Crippen molar-refractivity contribution in [1.29, 1.82) is 0 Å². The highest BCUT2D eigenvalue weighted by Gasteiger charge is 2.17. The minimum absolute atomic E-state index is 0.231. The molecule has 152 valence electrons. The summed E-state index contributed by atoms with van der Waals surface area (Å²) in [5, 5.41) is 10.3. The number of thiophene rings is 1. The van der Waals surface area contributed by atoms with Crippen molar-refractivity contribution in [1.82, 2.24) is 14.8 Å². The number of halogens is 1. The summed E-state index contributed by atoms with van der Waals surface area (Å²) in [5.74, 6) is -0.817. The monoisotopic (exact) mass is 423 g/mol. The van der Waals surface area contributed by atoms with Crippen LogP contribution in [0.3, 0.4) is 0 Å². The number of carbonyl (C=O) groups excluding carboxylic acids is 2. The van der Waals surface area contributed by atoms with E-state index < -0.39 is 6.04 Å². The van der Waals surface area contributed by atoms with Gasteiger partial charge in [-0.15, -0.1) is 11.3 Å². The lowest BCUT2D eigenvalue weighted by atomic mass is 10.1. The lowest BCUT2D eigenvalue weighted by Gasteiger charge is -2.12. The Morgan fingerprint density at radius 2 is 1.80 bits per heavy atom. The van der Waals surface area contributed by atoms with Gasteiger partial charge in [0.1, 0.15) is 24.5 Å². The standard InChI is InChI=1S/C21H18FN5O2S/c1-12-17-9-14(22)3-8-18(17)30-19(12)21(29)26-16-6-4-15(5-7-16)25-20(28)13(2)27-11-23-10-24-27/h3-11,13H,1-2H3,(H,25,28)(H,26,29). The Morgan fingerprint density at radius 1 is 1.10 bits per heavy atom. The number of anilines is 2. The molecule has 4 aromatic rings. The lowest BCUT2D eigenvalue weighted by molar-refractivity contribution is -0.119. The van der Waals surface area contributed by atoms with Crippen LogP contribution in [-0.4, -0.2) is 26.6 Å². The van der Waals surface area contributed by atoms with E-state index >= 15 is 0 Å². The van der Waals surface area contributed by atoms with E-state index in [0.717, 1.165) is 15.6 Å². The summed E-state index contributed by atoms with van der Waals surface area (Å²) in [6, 6.07) is 10.8. The summed E-state index contributed by atoms with van der Waals surface area (Å²) in [6.07, 6.45) is 2.85. The number of hydrogen-bond donors (Lipinski definition) is 2. The third-order valence-corrected chi connectivity index (χ3v) is 6.00. The predicted molar refractivity (Wildman–Crippen MR) is 114 cm³/mol. The van der Waals surface area contributed by atoms with Gasteiger partial charge < -0.3 is 10.6 Å². The highest BCUT2D eigenvalue weighted by molar-refractivity contribution is 7.21. The first kappa shape index (κ1) is 19.7. The summed E-state index contributed by atoms with van der Waals surface area (Å²) >= 11 is 1.32. The zero-order chi connectivity index (χ0) is 21.3. The van der Waals surface area contributed by atoms with E-state index in [2.05, 4.69) is 20.7 Å². The van der Waals surface area contributed by atoms with Gasteiger partial charge in [0.2, 0.25) is 5.91 Å². The van der Waals surface area contributed by atoms with E-state index in [1.54, 1.807) is 37.3 Å². The van der Waals surface area contributed by atoms with Gasteiger partial charge in [0.15, 0.2) is 0 Å². The van der Waals surface area contributed by atoms with Crippen LogP contribution in [0.5, 0.6) is 0 Å². The number of amides is 2. The lowest BCUT2D eigenvalue weighted by Crippen LogP contribution is -2.24. The first-order chi connectivity index (χ1) is 14.4. The Bertz CT molecular complexity index is 1220. The second-order valence-corrected chi connectivity index (χ2v) is 7.82. The van der Waals surface area contributed by atoms with E-state index in [1.807, 2.05) is 6.92 Å². The van der Waals surface area contributed by atoms with Crippen LogP contribution in [0.15, 0.2) is 55.1 Å². The normalized spacial score (nSPS) is 12.0. The molecule has 1 unspecified atom stereocenters. The van der Waals surface area contributed by atoms with Crippen LogP contribution in [-0.2, 0) is 4.79 Å². The highest BCUT2D eigenvalue weighted by atomic mass is 32.1. The van der Waals surface area contributed by atoms with E-state index in [1.165, 1.54) is 40.8 Å². The summed E-state index contributed by atoms with van der Waals surface area (Å²) in [6.45, 7) is 3.53. The SMILES string of the molecule is Cc1c(C(=O)Nc2ccc(NC(=O)C(C)n3cncn3)cc2)sc2ccc(F)cc12. The van der Waals surface area contributed by atoms with Crippen LogP contribution in [0.4, 0.5) is 15.8 Å². The van der Waals surface area contributed by atoms with E-state index in [-0.39, 0.29) is 17.6 Å². The Balaban J connectivity index is 1.44.